The topological polar surface area (TPSA) is 106 Å². The molecular weight excluding hydrogens is 588 g/mol. The summed E-state index contributed by atoms with van der Waals surface area (Å²) in [6, 6.07) is 16.6. The molecule has 1 N–H and O–H groups in total. The Balaban J connectivity index is 1.38. The lowest BCUT2D eigenvalue weighted by molar-refractivity contribution is -0.133. The Kier molecular flexibility index (Phi) is 8.08. The zero-order valence-electron chi connectivity index (χ0n) is 23.8. The van der Waals surface area contributed by atoms with Crippen LogP contribution in [-0.2, 0) is 14.4 Å². The molecule has 0 spiro atoms. The molecule has 2 heterocycles. The second-order valence-corrected chi connectivity index (χ2v) is 12.1. The second-order valence-electron chi connectivity index (χ2n) is 11.7. The molecule has 3 aliphatic rings. The molecule has 2 unspecified atom stereocenters. The van der Waals surface area contributed by atoms with Crippen LogP contribution in [0.3, 0.4) is 0 Å². The third-order valence-electron chi connectivity index (χ3n) is 8.47. The number of anilines is 2. The standard InChI is InChI=1S/C33H30ClF2N5O3/c34-27-7-2-1-6-26(27)31(32(44)39-23-17-33(35,36)18-23)41(24-5-3-4-22(15-24)21-8-9-21)30(43)16-25-10-11-29(42)40(25)28-14-20(19-37)12-13-38-28/h1-7,12-15,21,23,25,31H,8-11,16-18H2,(H,39,44). The van der Waals surface area contributed by atoms with E-state index in [4.69, 9.17) is 11.6 Å². The Morgan fingerprint density at radius 1 is 1.11 bits per heavy atom. The number of alkyl halides is 2. The lowest BCUT2D eigenvalue weighted by Crippen LogP contribution is -2.54. The van der Waals surface area contributed by atoms with Crippen molar-refractivity contribution in [2.45, 2.75) is 74.9 Å². The highest BCUT2D eigenvalue weighted by atomic mass is 35.5. The van der Waals surface area contributed by atoms with Crippen molar-refractivity contribution in [2.75, 3.05) is 9.80 Å². The van der Waals surface area contributed by atoms with Gasteiger partial charge in [-0.05, 0) is 61.1 Å². The Labute approximate surface area is 258 Å². The number of benzene rings is 2. The second kappa shape index (κ2) is 12.0. The van der Waals surface area contributed by atoms with Crippen LogP contribution in [0.1, 0.15) is 73.6 Å². The van der Waals surface area contributed by atoms with E-state index in [1.807, 2.05) is 24.3 Å². The number of halogens is 3. The van der Waals surface area contributed by atoms with E-state index in [2.05, 4.69) is 10.3 Å². The van der Waals surface area contributed by atoms with Gasteiger partial charge in [-0.15, -0.1) is 0 Å². The van der Waals surface area contributed by atoms with Gasteiger partial charge in [-0.2, -0.15) is 5.26 Å². The van der Waals surface area contributed by atoms with Crippen LogP contribution >= 0.6 is 11.6 Å². The summed E-state index contributed by atoms with van der Waals surface area (Å²) in [6.45, 7) is 0. The van der Waals surface area contributed by atoms with Gasteiger partial charge in [-0.1, -0.05) is 41.9 Å². The molecule has 2 aromatic carbocycles. The first-order chi connectivity index (χ1) is 21.1. The number of hydrogen-bond donors (Lipinski definition) is 1. The minimum atomic E-state index is -2.85. The Morgan fingerprint density at radius 3 is 2.59 bits per heavy atom. The van der Waals surface area contributed by atoms with Gasteiger partial charge in [0.05, 0.1) is 11.6 Å². The van der Waals surface area contributed by atoms with Crippen molar-refractivity contribution in [2.24, 2.45) is 0 Å². The molecule has 3 fully saturated rings. The molecule has 8 nitrogen and oxygen atoms in total. The summed E-state index contributed by atoms with van der Waals surface area (Å²) >= 11 is 6.62. The van der Waals surface area contributed by atoms with Crippen LogP contribution in [0.4, 0.5) is 20.3 Å². The average molecular weight is 618 g/mol. The lowest BCUT2D eigenvalue weighted by Gasteiger charge is -2.38. The van der Waals surface area contributed by atoms with E-state index in [1.165, 1.54) is 28.1 Å². The van der Waals surface area contributed by atoms with Crippen LogP contribution in [-0.4, -0.2) is 40.7 Å². The zero-order chi connectivity index (χ0) is 31.0. The Bertz CT molecular complexity index is 1650. The highest BCUT2D eigenvalue weighted by Gasteiger charge is 2.47. The van der Waals surface area contributed by atoms with Gasteiger partial charge < -0.3 is 5.32 Å². The number of nitrogens with one attached hydrogen (secondary N) is 1. The minimum Gasteiger partial charge on any atom is -0.351 e. The molecule has 3 aromatic rings. The molecule has 6 rings (SSSR count). The maximum Gasteiger partial charge on any atom is 0.252 e. The largest absolute Gasteiger partial charge is 0.351 e. The van der Waals surface area contributed by atoms with Crippen LogP contribution in [0, 0.1) is 11.3 Å². The fourth-order valence-electron chi connectivity index (χ4n) is 6.09. The molecular formula is C33H30ClF2N5O3. The Hall–Kier alpha value is -4.36. The van der Waals surface area contributed by atoms with Gasteiger partial charge in [0.15, 0.2) is 0 Å². The molecule has 2 atom stereocenters. The monoisotopic (exact) mass is 617 g/mol. The van der Waals surface area contributed by atoms with Gasteiger partial charge in [0.1, 0.15) is 11.9 Å². The average Bonchev–Trinajstić information content (AvgIpc) is 3.78. The molecule has 1 aliphatic heterocycles. The van der Waals surface area contributed by atoms with E-state index < -0.39 is 48.7 Å². The molecule has 226 valence electrons. The number of nitriles is 1. The third-order valence-corrected chi connectivity index (χ3v) is 8.81. The molecule has 2 aliphatic carbocycles. The molecule has 11 heteroatoms. The first-order valence-electron chi connectivity index (χ1n) is 14.7. The number of pyridine rings is 1. The molecule has 1 aromatic heterocycles. The molecule has 2 saturated carbocycles. The summed E-state index contributed by atoms with van der Waals surface area (Å²) in [6.07, 6.45) is 2.95. The molecule has 3 amide bonds. The zero-order valence-corrected chi connectivity index (χ0v) is 24.5. The van der Waals surface area contributed by atoms with Crippen molar-refractivity contribution < 1.29 is 23.2 Å². The highest BCUT2D eigenvalue weighted by molar-refractivity contribution is 6.31. The predicted molar refractivity (Wildman–Crippen MR) is 160 cm³/mol. The van der Waals surface area contributed by atoms with Crippen LogP contribution in [0.5, 0.6) is 0 Å². The van der Waals surface area contributed by atoms with Crippen molar-refractivity contribution in [1.82, 2.24) is 10.3 Å². The molecule has 0 bridgehead atoms. The van der Waals surface area contributed by atoms with Crippen molar-refractivity contribution in [3.05, 3.63) is 88.6 Å². The summed E-state index contributed by atoms with van der Waals surface area (Å²) in [5.41, 5.74) is 2.19. The number of rotatable bonds is 9. The normalized spacial score (nSPS) is 20.0. The molecule has 44 heavy (non-hydrogen) atoms. The lowest BCUT2D eigenvalue weighted by atomic mass is 9.87. The van der Waals surface area contributed by atoms with Crippen molar-refractivity contribution in [1.29, 1.82) is 5.26 Å². The summed E-state index contributed by atoms with van der Waals surface area (Å²) in [5, 5.41) is 12.3. The van der Waals surface area contributed by atoms with Crippen molar-refractivity contribution in [3.8, 4) is 6.07 Å². The quantitative estimate of drug-likeness (QED) is 0.314. The number of nitrogens with zero attached hydrogens (tertiary/aromatic N) is 4. The van der Waals surface area contributed by atoms with Gasteiger partial charge in [0.25, 0.3) is 5.92 Å². The first-order valence-corrected chi connectivity index (χ1v) is 15.0. The SMILES string of the molecule is N#Cc1ccnc(N2C(=O)CCC2CC(=O)N(c2cccc(C3CC3)c2)C(C(=O)NC2CC(F)(F)C2)c2ccccc2Cl)c1. The van der Waals surface area contributed by atoms with Gasteiger partial charge >= 0.3 is 0 Å². The first kappa shape index (κ1) is 29.7. The summed E-state index contributed by atoms with van der Waals surface area (Å²) in [5.74, 6) is -3.50. The van der Waals surface area contributed by atoms with Crippen molar-refractivity contribution in [3.63, 3.8) is 0 Å². The highest BCUT2D eigenvalue weighted by Crippen LogP contribution is 2.43. The van der Waals surface area contributed by atoms with Crippen LogP contribution in [0.2, 0.25) is 5.02 Å². The van der Waals surface area contributed by atoms with Crippen molar-refractivity contribution >= 4 is 40.8 Å². The summed E-state index contributed by atoms with van der Waals surface area (Å²) < 4.78 is 27.4. The van der Waals surface area contributed by atoms with Crippen LogP contribution < -0.4 is 15.1 Å². The van der Waals surface area contributed by atoms with Gasteiger partial charge in [0.2, 0.25) is 17.7 Å². The maximum atomic E-state index is 14.5. The fraction of sp³-hybridized carbons (Fsp3) is 0.364. The van der Waals surface area contributed by atoms with E-state index in [0.717, 1.165) is 18.4 Å². The fourth-order valence-corrected chi connectivity index (χ4v) is 6.33. The van der Waals surface area contributed by atoms with E-state index in [0.29, 0.717) is 29.2 Å². The van der Waals surface area contributed by atoms with E-state index in [9.17, 15) is 28.4 Å². The predicted octanol–water partition coefficient (Wildman–Crippen LogP) is 6.06. The van der Waals surface area contributed by atoms with Gasteiger partial charge in [-0.3, -0.25) is 24.2 Å². The number of hydrogen-bond acceptors (Lipinski definition) is 5. The number of carbonyl (C=O) groups excluding carboxylic acids is 3. The smallest absolute Gasteiger partial charge is 0.252 e. The number of amides is 3. The minimum absolute atomic E-state index is 0.145. The Morgan fingerprint density at radius 2 is 1.89 bits per heavy atom. The summed E-state index contributed by atoms with van der Waals surface area (Å²) in [4.78, 5) is 48.6. The van der Waals surface area contributed by atoms with E-state index in [1.54, 1.807) is 30.3 Å². The van der Waals surface area contributed by atoms with E-state index in [-0.39, 0.29) is 29.6 Å². The third kappa shape index (κ3) is 6.15. The van der Waals surface area contributed by atoms with Gasteiger partial charge in [0, 0.05) is 60.2 Å². The molecule has 1 saturated heterocycles. The van der Waals surface area contributed by atoms with Crippen LogP contribution in [0.15, 0.2) is 66.9 Å². The molecule has 0 radical (unpaired) electrons. The summed E-state index contributed by atoms with van der Waals surface area (Å²) in [7, 11) is 0. The van der Waals surface area contributed by atoms with Gasteiger partial charge in [-0.25, -0.2) is 13.8 Å². The maximum absolute atomic E-state index is 14.5. The number of aromatic nitrogens is 1. The van der Waals surface area contributed by atoms with E-state index >= 15 is 0 Å². The van der Waals surface area contributed by atoms with Crippen LogP contribution in [0.25, 0.3) is 0 Å². The number of carbonyl (C=O) groups is 3.